The Hall–Kier alpha value is -2.12. The van der Waals surface area contributed by atoms with Gasteiger partial charge in [-0.05, 0) is 26.0 Å². The molecule has 1 rings (SSSR count). The van der Waals surface area contributed by atoms with Crippen LogP contribution in [0, 0.1) is 6.92 Å². The van der Waals surface area contributed by atoms with Gasteiger partial charge in [0, 0.05) is 5.69 Å². The number of anilines is 1. The van der Waals surface area contributed by atoms with Crippen molar-refractivity contribution in [3.8, 4) is 0 Å². The smallest absolute Gasteiger partial charge is 0.338 e. The molecule has 0 spiro atoms. The number of nitrogen functional groups attached to an aromatic ring is 1. The number of hydrogen-bond acceptors (Lipinski definition) is 5. The van der Waals surface area contributed by atoms with E-state index in [1.54, 1.807) is 0 Å². The van der Waals surface area contributed by atoms with Crippen molar-refractivity contribution >= 4 is 17.6 Å². The van der Waals surface area contributed by atoms with Crippen molar-refractivity contribution < 1.29 is 30.0 Å². The van der Waals surface area contributed by atoms with E-state index < -0.39 is 23.6 Å². The van der Waals surface area contributed by atoms with Crippen molar-refractivity contribution in [2.24, 2.45) is 0 Å². The molecule has 0 aliphatic carbocycles. The second kappa shape index (κ2) is 6.72. The van der Waals surface area contributed by atoms with Crippen molar-refractivity contribution in [3.63, 3.8) is 0 Å². The molecule has 19 heavy (non-hydrogen) atoms. The minimum absolute atomic E-state index is 0.703. The van der Waals surface area contributed by atoms with E-state index in [-0.39, 0.29) is 0 Å². The Kier molecular flexibility index (Phi) is 5.97. The molecule has 0 aromatic heterocycles. The van der Waals surface area contributed by atoms with Gasteiger partial charge in [-0.1, -0.05) is 17.7 Å². The van der Waals surface area contributed by atoms with Crippen LogP contribution in [0.2, 0.25) is 0 Å². The maximum Gasteiger partial charge on any atom is 0.338 e. The molecule has 7 nitrogen and oxygen atoms in total. The van der Waals surface area contributed by atoms with E-state index in [4.69, 9.17) is 26.2 Å². The number of carboxylic acid groups (broad SMARTS) is 2. The number of benzene rings is 1. The van der Waals surface area contributed by atoms with Crippen molar-refractivity contribution in [3.05, 3.63) is 29.8 Å². The lowest BCUT2D eigenvalue weighted by atomic mass is 10.00. The lowest BCUT2D eigenvalue weighted by Crippen LogP contribution is -2.50. The van der Waals surface area contributed by atoms with Crippen LogP contribution in [0.5, 0.6) is 0 Å². The van der Waals surface area contributed by atoms with E-state index in [0.717, 1.165) is 5.69 Å². The maximum absolute atomic E-state index is 10.1. The van der Waals surface area contributed by atoms with E-state index in [9.17, 15) is 9.59 Å². The summed E-state index contributed by atoms with van der Waals surface area (Å²) >= 11 is 0. The van der Waals surface area contributed by atoms with Gasteiger partial charge in [0.2, 0.25) is 0 Å². The molecule has 0 aliphatic heterocycles. The third-order valence-electron chi connectivity index (χ3n) is 2.28. The maximum atomic E-state index is 10.1. The molecular weight excluding hydrogens is 254 g/mol. The van der Waals surface area contributed by atoms with E-state index in [2.05, 4.69) is 0 Å². The summed E-state index contributed by atoms with van der Waals surface area (Å²) in [7, 11) is 0. The summed E-state index contributed by atoms with van der Waals surface area (Å²) in [6, 6.07) is 7.79. The fraction of sp³-hybridized carbons (Fsp3) is 0.333. The molecule has 106 valence electrons. The zero-order chi connectivity index (χ0) is 15.2. The van der Waals surface area contributed by atoms with E-state index in [1.807, 2.05) is 31.2 Å². The van der Waals surface area contributed by atoms with Gasteiger partial charge in [-0.3, -0.25) is 0 Å². The number of nitrogens with two attached hydrogens (primary N) is 1. The summed E-state index contributed by atoms with van der Waals surface area (Å²) < 4.78 is 0. The summed E-state index contributed by atoms with van der Waals surface area (Å²) in [5, 5.41) is 33.7. The molecule has 6 N–H and O–H groups in total. The predicted molar refractivity (Wildman–Crippen MR) is 67.5 cm³/mol. The molecule has 0 amide bonds. The van der Waals surface area contributed by atoms with Crippen LogP contribution in [0.4, 0.5) is 5.69 Å². The molecule has 1 aromatic rings. The van der Waals surface area contributed by atoms with E-state index in [0.29, 0.717) is 6.92 Å². The Balaban J connectivity index is 0.000000356. The van der Waals surface area contributed by atoms with Crippen LogP contribution >= 0.6 is 0 Å². The zero-order valence-corrected chi connectivity index (χ0v) is 10.6. The highest BCUT2D eigenvalue weighted by Crippen LogP contribution is 2.09. The highest BCUT2D eigenvalue weighted by Gasteiger charge is 2.43. The van der Waals surface area contributed by atoms with Crippen LogP contribution in [0.1, 0.15) is 12.5 Å². The average Bonchev–Trinajstić information content (AvgIpc) is 2.32. The van der Waals surface area contributed by atoms with Crippen molar-refractivity contribution in [1.82, 2.24) is 0 Å². The number of carboxylic acids is 2. The Labute approximate surface area is 109 Å². The monoisotopic (exact) mass is 271 g/mol. The van der Waals surface area contributed by atoms with Gasteiger partial charge in [0.1, 0.15) is 0 Å². The van der Waals surface area contributed by atoms with Gasteiger partial charge in [0.05, 0.1) is 0 Å². The van der Waals surface area contributed by atoms with Crippen LogP contribution in [0.15, 0.2) is 24.3 Å². The van der Waals surface area contributed by atoms with Gasteiger partial charge in [0.15, 0.2) is 11.7 Å². The van der Waals surface area contributed by atoms with Crippen LogP contribution < -0.4 is 5.73 Å². The molecule has 2 atom stereocenters. The van der Waals surface area contributed by atoms with Gasteiger partial charge in [-0.2, -0.15) is 0 Å². The molecule has 7 heteroatoms. The van der Waals surface area contributed by atoms with Gasteiger partial charge in [-0.25, -0.2) is 9.59 Å². The number of aryl methyl sites for hydroxylation is 1. The summed E-state index contributed by atoms with van der Waals surface area (Å²) in [5.74, 6) is -3.56. The van der Waals surface area contributed by atoms with Gasteiger partial charge < -0.3 is 26.2 Å². The first-order valence-corrected chi connectivity index (χ1v) is 5.27. The largest absolute Gasteiger partial charge is 0.479 e. The molecule has 1 aromatic carbocycles. The molecule has 0 saturated carbocycles. The van der Waals surface area contributed by atoms with E-state index >= 15 is 0 Å². The molecule has 0 radical (unpaired) electrons. The van der Waals surface area contributed by atoms with Gasteiger partial charge in [0.25, 0.3) is 0 Å². The number of aliphatic hydroxyl groups is 2. The normalized spacial score (nSPS) is 14.5. The topological polar surface area (TPSA) is 141 Å². The molecule has 2 unspecified atom stereocenters. The van der Waals surface area contributed by atoms with E-state index in [1.165, 1.54) is 5.56 Å². The summed E-state index contributed by atoms with van der Waals surface area (Å²) in [6.45, 7) is 2.74. The lowest BCUT2D eigenvalue weighted by Gasteiger charge is -2.20. The quantitative estimate of drug-likeness (QED) is 0.481. The first-order chi connectivity index (χ1) is 8.59. The van der Waals surface area contributed by atoms with Gasteiger partial charge in [-0.15, -0.1) is 0 Å². The summed E-state index contributed by atoms with van der Waals surface area (Å²) in [5.41, 5.74) is 4.86. The number of rotatable bonds is 3. The van der Waals surface area contributed by atoms with Crippen LogP contribution in [0.25, 0.3) is 0 Å². The second-order valence-electron chi connectivity index (χ2n) is 4.10. The number of carbonyl (C=O) groups is 2. The van der Waals surface area contributed by atoms with Crippen molar-refractivity contribution in [1.29, 1.82) is 0 Å². The number of aliphatic carboxylic acids is 2. The molecular formula is C12H17NO6. The Morgan fingerprint density at radius 3 is 1.84 bits per heavy atom. The van der Waals surface area contributed by atoms with Crippen molar-refractivity contribution in [2.45, 2.75) is 25.6 Å². The molecule has 0 fully saturated rings. The van der Waals surface area contributed by atoms with Crippen LogP contribution in [-0.4, -0.2) is 44.1 Å². The predicted octanol–water partition coefficient (Wildman–Crippen LogP) is -0.155. The average molecular weight is 271 g/mol. The Morgan fingerprint density at radius 1 is 1.21 bits per heavy atom. The number of aliphatic hydroxyl groups excluding tert-OH is 1. The third kappa shape index (κ3) is 5.36. The first kappa shape index (κ1) is 16.9. The molecule has 0 saturated heterocycles. The molecule has 0 bridgehead atoms. The zero-order valence-electron chi connectivity index (χ0n) is 10.6. The van der Waals surface area contributed by atoms with Gasteiger partial charge >= 0.3 is 11.9 Å². The van der Waals surface area contributed by atoms with Crippen LogP contribution in [-0.2, 0) is 9.59 Å². The van der Waals surface area contributed by atoms with Crippen LogP contribution in [0.3, 0.4) is 0 Å². The summed E-state index contributed by atoms with van der Waals surface area (Å²) in [6.07, 6.45) is -2.32. The fourth-order valence-corrected chi connectivity index (χ4v) is 0.924. The fourth-order valence-electron chi connectivity index (χ4n) is 0.924. The molecule has 0 heterocycles. The summed E-state index contributed by atoms with van der Waals surface area (Å²) in [4.78, 5) is 20.1. The minimum Gasteiger partial charge on any atom is -0.479 e. The Morgan fingerprint density at radius 2 is 1.63 bits per heavy atom. The first-order valence-electron chi connectivity index (χ1n) is 5.27. The standard InChI is InChI=1S/C7H9N.C5H8O6/c1-6-2-4-7(8)5-3-6;1-5(11,4(9)10)2(6)3(7)8/h2-5H,8H2,1H3;2,6,11H,1H3,(H,7,8)(H,9,10). The second-order valence-corrected chi connectivity index (χ2v) is 4.10. The van der Waals surface area contributed by atoms with Crippen molar-refractivity contribution in [2.75, 3.05) is 5.73 Å². The third-order valence-corrected chi connectivity index (χ3v) is 2.28. The number of hydrogen-bond donors (Lipinski definition) is 5. The Bertz CT molecular complexity index is 419. The lowest BCUT2D eigenvalue weighted by molar-refractivity contribution is -0.180. The highest BCUT2D eigenvalue weighted by molar-refractivity contribution is 5.86. The highest BCUT2D eigenvalue weighted by atomic mass is 16.4. The minimum atomic E-state index is -2.65. The SMILES string of the molecule is CC(O)(C(=O)O)C(O)C(=O)O.Cc1ccc(N)cc1. The molecule has 0 aliphatic rings.